The first-order valence-electron chi connectivity index (χ1n) is 9.41. The third kappa shape index (κ3) is 5.64. The number of hydrogen-bond acceptors (Lipinski definition) is 3. The number of likely N-dealkylation sites (tertiary alicyclic amines) is 1. The van der Waals surface area contributed by atoms with E-state index in [1.54, 1.807) is 7.11 Å². The summed E-state index contributed by atoms with van der Waals surface area (Å²) in [5, 5.41) is 6.59. The molecule has 2 rings (SSSR count). The van der Waals surface area contributed by atoms with Crippen LogP contribution in [0.25, 0.3) is 0 Å². The Balaban J connectivity index is 1.94. The first-order chi connectivity index (χ1) is 12.5. The molecule has 144 valence electrons. The lowest BCUT2D eigenvalue weighted by Gasteiger charge is -2.27. The Morgan fingerprint density at radius 3 is 2.42 bits per heavy atom. The molecule has 1 fully saturated rings. The van der Waals surface area contributed by atoms with E-state index >= 15 is 0 Å². The van der Waals surface area contributed by atoms with E-state index in [2.05, 4.69) is 41.6 Å². The Morgan fingerprint density at radius 2 is 1.85 bits per heavy atom. The van der Waals surface area contributed by atoms with E-state index in [4.69, 9.17) is 4.74 Å². The fraction of sp³-hybridized carbons (Fsp3) is 0.600. The van der Waals surface area contributed by atoms with Gasteiger partial charge in [-0.25, -0.2) is 4.99 Å². The largest absolute Gasteiger partial charge is 0.497 e. The van der Waals surface area contributed by atoms with Gasteiger partial charge in [0.1, 0.15) is 12.3 Å². The second-order valence-corrected chi connectivity index (χ2v) is 7.25. The first kappa shape index (κ1) is 20.1. The van der Waals surface area contributed by atoms with Crippen molar-refractivity contribution in [3.63, 3.8) is 0 Å². The lowest BCUT2D eigenvalue weighted by atomic mass is 9.84. The zero-order valence-corrected chi connectivity index (χ0v) is 16.5. The van der Waals surface area contributed by atoms with Gasteiger partial charge < -0.3 is 20.3 Å². The molecular formula is C20H32N4O2. The van der Waals surface area contributed by atoms with Crippen LogP contribution in [0.4, 0.5) is 0 Å². The Kier molecular flexibility index (Phi) is 7.30. The van der Waals surface area contributed by atoms with E-state index in [9.17, 15) is 4.79 Å². The third-order valence-electron chi connectivity index (χ3n) is 4.74. The topological polar surface area (TPSA) is 66.0 Å². The number of rotatable bonds is 7. The summed E-state index contributed by atoms with van der Waals surface area (Å²) in [6.45, 7) is 9.77. The SMILES string of the molecule is CCNC(=NCC(=O)N1CCCC1)NCC(C)(C)c1ccc(OC)cc1. The standard InChI is InChI=1S/C20H32N4O2/c1-5-21-19(22-14-18(25)24-12-6-7-13-24)23-15-20(2,3)16-8-10-17(26-4)11-9-16/h8-11H,5-7,12-15H2,1-4H3,(H2,21,22,23). The molecule has 0 unspecified atom stereocenters. The van der Waals surface area contributed by atoms with Crippen LogP contribution in [0.3, 0.4) is 0 Å². The molecule has 1 aliphatic rings. The van der Waals surface area contributed by atoms with Crippen LogP contribution in [0, 0.1) is 0 Å². The van der Waals surface area contributed by atoms with Crippen LogP contribution < -0.4 is 15.4 Å². The predicted molar refractivity (Wildman–Crippen MR) is 106 cm³/mol. The number of nitrogens with one attached hydrogen (secondary N) is 2. The minimum absolute atomic E-state index is 0.0819. The summed E-state index contributed by atoms with van der Waals surface area (Å²) in [7, 11) is 1.67. The maximum atomic E-state index is 12.2. The van der Waals surface area contributed by atoms with Crippen LogP contribution in [-0.2, 0) is 10.2 Å². The number of amides is 1. The Hall–Kier alpha value is -2.24. The molecule has 0 bridgehead atoms. The molecule has 0 atom stereocenters. The monoisotopic (exact) mass is 360 g/mol. The summed E-state index contributed by atoms with van der Waals surface area (Å²) in [5.41, 5.74) is 1.14. The van der Waals surface area contributed by atoms with Crippen molar-refractivity contribution in [3.8, 4) is 5.75 Å². The summed E-state index contributed by atoms with van der Waals surface area (Å²) in [4.78, 5) is 18.6. The summed E-state index contributed by atoms with van der Waals surface area (Å²) >= 11 is 0. The fourth-order valence-corrected chi connectivity index (χ4v) is 3.00. The molecule has 2 N–H and O–H groups in total. The Labute approximate surface area is 157 Å². The van der Waals surface area contributed by atoms with Crippen molar-refractivity contribution in [3.05, 3.63) is 29.8 Å². The average Bonchev–Trinajstić information content (AvgIpc) is 3.18. The van der Waals surface area contributed by atoms with Gasteiger partial charge in [0.15, 0.2) is 5.96 Å². The molecule has 0 radical (unpaired) electrons. The van der Waals surface area contributed by atoms with E-state index in [0.29, 0.717) is 12.5 Å². The number of benzene rings is 1. The van der Waals surface area contributed by atoms with Crippen molar-refractivity contribution in [1.82, 2.24) is 15.5 Å². The summed E-state index contributed by atoms with van der Waals surface area (Å²) in [6.07, 6.45) is 2.20. The van der Waals surface area contributed by atoms with Gasteiger partial charge in [-0.05, 0) is 37.5 Å². The molecule has 1 aromatic rings. The number of carbonyl (C=O) groups excluding carboxylic acids is 1. The number of guanidine groups is 1. The number of hydrogen-bond donors (Lipinski definition) is 2. The van der Waals surface area contributed by atoms with Crippen molar-refractivity contribution >= 4 is 11.9 Å². The lowest BCUT2D eigenvalue weighted by molar-refractivity contribution is -0.128. The van der Waals surface area contributed by atoms with Gasteiger partial charge in [-0.1, -0.05) is 26.0 Å². The van der Waals surface area contributed by atoms with Crippen molar-refractivity contribution < 1.29 is 9.53 Å². The second kappa shape index (κ2) is 9.46. The molecule has 0 saturated carbocycles. The molecule has 1 aromatic carbocycles. The molecule has 6 heteroatoms. The van der Waals surface area contributed by atoms with Gasteiger partial charge >= 0.3 is 0 Å². The van der Waals surface area contributed by atoms with Crippen molar-refractivity contribution in [2.75, 3.05) is 39.8 Å². The molecule has 0 aromatic heterocycles. The summed E-state index contributed by atoms with van der Waals surface area (Å²) in [5.74, 6) is 1.64. The molecule has 1 aliphatic heterocycles. The maximum Gasteiger partial charge on any atom is 0.244 e. The van der Waals surface area contributed by atoms with E-state index in [1.165, 1.54) is 5.56 Å². The highest BCUT2D eigenvalue weighted by Crippen LogP contribution is 2.24. The predicted octanol–water partition coefficient (Wildman–Crippen LogP) is 2.15. The highest BCUT2D eigenvalue weighted by molar-refractivity contribution is 5.85. The normalized spacial score (nSPS) is 15.1. The van der Waals surface area contributed by atoms with Gasteiger partial charge in [0.2, 0.25) is 5.91 Å². The molecule has 26 heavy (non-hydrogen) atoms. The number of nitrogens with zero attached hydrogens (tertiary/aromatic N) is 2. The van der Waals surface area contributed by atoms with Crippen LogP contribution in [0.2, 0.25) is 0 Å². The van der Waals surface area contributed by atoms with Crippen LogP contribution in [-0.4, -0.2) is 56.6 Å². The minimum atomic E-state index is -0.0819. The van der Waals surface area contributed by atoms with E-state index < -0.39 is 0 Å². The molecule has 1 amide bonds. The van der Waals surface area contributed by atoms with Gasteiger partial charge in [-0.3, -0.25) is 4.79 Å². The molecule has 6 nitrogen and oxygen atoms in total. The van der Waals surface area contributed by atoms with Gasteiger partial charge in [-0.2, -0.15) is 0 Å². The molecule has 0 spiro atoms. The van der Waals surface area contributed by atoms with E-state index in [1.807, 2.05) is 24.0 Å². The molecule has 1 heterocycles. The summed E-state index contributed by atoms with van der Waals surface area (Å²) < 4.78 is 5.23. The smallest absolute Gasteiger partial charge is 0.244 e. The highest BCUT2D eigenvalue weighted by Gasteiger charge is 2.21. The third-order valence-corrected chi connectivity index (χ3v) is 4.74. The second-order valence-electron chi connectivity index (χ2n) is 7.25. The van der Waals surface area contributed by atoms with Crippen LogP contribution in [0.5, 0.6) is 5.75 Å². The van der Waals surface area contributed by atoms with Crippen LogP contribution in [0.15, 0.2) is 29.3 Å². The number of ether oxygens (including phenoxy) is 1. The molecule has 1 saturated heterocycles. The van der Waals surface area contributed by atoms with Crippen LogP contribution in [0.1, 0.15) is 39.2 Å². The van der Waals surface area contributed by atoms with Gasteiger partial charge in [0.05, 0.1) is 7.11 Å². The zero-order chi connectivity index (χ0) is 19.0. The Morgan fingerprint density at radius 1 is 1.19 bits per heavy atom. The Bertz CT molecular complexity index is 605. The van der Waals surface area contributed by atoms with Crippen LogP contribution >= 0.6 is 0 Å². The first-order valence-corrected chi connectivity index (χ1v) is 9.41. The van der Waals surface area contributed by atoms with E-state index in [0.717, 1.165) is 38.2 Å². The lowest BCUT2D eigenvalue weighted by Crippen LogP contribution is -2.44. The number of carbonyl (C=O) groups is 1. The van der Waals surface area contributed by atoms with Gasteiger partial charge in [-0.15, -0.1) is 0 Å². The summed E-state index contributed by atoms with van der Waals surface area (Å²) in [6, 6.07) is 8.12. The molecule has 0 aliphatic carbocycles. The average molecular weight is 361 g/mol. The number of aliphatic imine (C=N–C) groups is 1. The molecular weight excluding hydrogens is 328 g/mol. The minimum Gasteiger partial charge on any atom is -0.497 e. The zero-order valence-electron chi connectivity index (χ0n) is 16.5. The van der Waals surface area contributed by atoms with Gasteiger partial charge in [0.25, 0.3) is 0 Å². The maximum absolute atomic E-state index is 12.2. The number of methoxy groups -OCH3 is 1. The fourth-order valence-electron chi connectivity index (χ4n) is 3.00. The van der Waals surface area contributed by atoms with Crippen molar-refractivity contribution in [2.24, 2.45) is 4.99 Å². The van der Waals surface area contributed by atoms with E-state index in [-0.39, 0.29) is 17.9 Å². The van der Waals surface area contributed by atoms with Crippen molar-refractivity contribution in [1.29, 1.82) is 0 Å². The quantitative estimate of drug-likeness (QED) is 0.578. The van der Waals surface area contributed by atoms with Crippen molar-refractivity contribution in [2.45, 2.75) is 39.0 Å². The van der Waals surface area contributed by atoms with Gasteiger partial charge in [0, 0.05) is 31.6 Å². The highest BCUT2D eigenvalue weighted by atomic mass is 16.5.